The van der Waals surface area contributed by atoms with Gasteiger partial charge in [0, 0.05) is 32.5 Å². The molecule has 0 aromatic rings. The summed E-state index contributed by atoms with van der Waals surface area (Å²) in [4.78, 5) is 26.5. The fourth-order valence-electron chi connectivity index (χ4n) is 2.98. The Morgan fingerprint density at radius 1 is 1.41 bits per heavy atom. The molecule has 0 saturated carbocycles. The number of allylic oxidation sites excluding steroid dienone is 3. The lowest BCUT2D eigenvalue weighted by Gasteiger charge is -2.33. The molecule has 1 unspecified atom stereocenters. The van der Waals surface area contributed by atoms with Crippen molar-refractivity contribution in [3.8, 4) is 0 Å². The van der Waals surface area contributed by atoms with Crippen molar-refractivity contribution in [2.45, 2.75) is 31.3 Å². The van der Waals surface area contributed by atoms with Gasteiger partial charge in [-0.05, 0) is 19.3 Å². The van der Waals surface area contributed by atoms with Crippen molar-refractivity contribution in [3.05, 3.63) is 22.6 Å². The fraction of sp³-hybridized carbons (Fsp3) is 0.556. The summed E-state index contributed by atoms with van der Waals surface area (Å²) in [7, 11) is 5.01. The van der Waals surface area contributed by atoms with Gasteiger partial charge < -0.3 is 31.6 Å². The molecule has 1 aliphatic heterocycles. The minimum absolute atomic E-state index is 0.0172. The molecular formula is C18H28ClN7O3. The number of primary amides is 1. The Kier molecular flexibility index (Phi) is 8.18. The molecule has 0 radical (unpaired) electrons. The number of hydrogen-bond acceptors (Lipinski definition) is 6. The van der Waals surface area contributed by atoms with E-state index in [1.54, 1.807) is 25.1 Å². The summed E-state index contributed by atoms with van der Waals surface area (Å²) in [6, 6.07) is -1.29. The number of ether oxygens (including phenoxy) is 2. The van der Waals surface area contributed by atoms with Crippen molar-refractivity contribution in [3.63, 3.8) is 0 Å². The number of nitrogens with zero attached hydrogens (tertiary/aromatic N) is 4. The van der Waals surface area contributed by atoms with Crippen LogP contribution < -0.4 is 17.2 Å². The molecule has 0 spiro atoms. The van der Waals surface area contributed by atoms with E-state index < -0.39 is 11.9 Å². The first kappa shape index (κ1) is 22.9. The SMILES string of the molecule is CN=C1COCC[C@H]1N(C)C(N)=NC(=NC1=CC(OC)=C(Cl)CC1)C(N)C(N)=O. The topological polar surface area (TPSA) is 154 Å². The van der Waals surface area contributed by atoms with Gasteiger partial charge in [0.2, 0.25) is 5.91 Å². The van der Waals surface area contributed by atoms with Gasteiger partial charge in [0.15, 0.2) is 11.8 Å². The Hall–Kier alpha value is -2.43. The zero-order valence-electron chi connectivity index (χ0n) is 16.9. The van der Waals surface area contributed by atoms with Gasteiger partial charge in [-0.2, -0.15) is 4.99 Å². The minimum Gasteiger partial charge on any atom is -0.495 e. The Balaban J connectivity index is 2.36. The second kappa shape index (κ2) is 10.4. The molecule has 0 bridgehead atoms. The monoisotopic (exact) mass is 425 g/mol. The average Bonchev–Trinajstić information content (AvgIpc) is 2.73. The lowest BCUT2D eigenvalue weighted by atomic mass is 10.1. The summed E-state index contributed by atoms with van der Waals surface area (Å²) in [5.41, 5.74) is 19.0. The van der Waals surface area contributed by atoms with E-state index in [2.05, 4.69) is 15.0 Å². The molecule has 0 aromatic carbocycles. The number of hydrogen-bond donors (Lipinski definition) is 3. The molecule has 2 rings (SSSR count). The lowest BCUT2D eigenvalue weighted by molar-refractivity contribution is -0.117. The number of nitrogens with two attached hydrogens (primary N) is 3. The van der Waals surface area contributed by atoms with Gasteiger partial charge in [0.25, 0.3) is 0 Å². The third-order valence-electron chi connectivity index (χ3n) is 4.74. The zero-order valence-corrected chi connectivity index (χ0v) is 17.6. The molecule has 1 saturated heterocycles. The maximum absolute atomic E-state index is 11.7. The van der Waals surface area contributed by atoms with E-state index in [-0.39, 0.29) is 17.8 Å². The quantitative estimate of drug-likeness (QED) is 0.418. The van der Waals surface area contributed by atoms with Crippen LogP contribution in [0, 0.1) is 0 Å². The van der Waals surface area contributed by atoms with Crippen LogP contribution in [0.1, 0.15) is 19.3 Å². The third kappa shape index (κ3) is 5.78. The molecule has 1 aliphatic carbocycles. The van der Waals surface area contributed by atoms with Gasteiger partial charge in [0.05, 0.1) is 30.5 Å². The minimum atomic E-state index is -1.22. The van der Waals surface area contributed by atoms with Gasteiger partial charge >= 0.3 is 0 Å². The smallest absolute Gasteiger partial charge is 0.242 e. The molecule has 1 heterocycles. The third-order valence-corrected chi connectivity index (χ3v) is 5.12. The molecule has 6 N–H and O–H groups in total. The zero-order chi connectivity index (χ0) is 21.6. The van der Waals surface area contributed by atoms with Gasteiger partial charge in [-0.1, -0.05) is 11.6 Å². The number of halogens is 1. The standard InChI is InChI=1S/C18H28ClN7O3/c1-23-12-9-29-7-6-13(12)26(2)18(22)25-17(15(20)16(21)27)24-10-4-5-11(19)14(8-10)28-3/h8,13,15H,4-7,9,20H2,1-3H3,(H2,21,27)(H2,22,24,25)/t13-,15?/m1/s1. The summed E-state index contributed by atoms with van der Waals surface area (Å²) < 4.78 is 10.7. The molecule has 160 valence electrons. The number of carbonyl (C=O) groups excluding carboxylic acids is 1. The predicted molar refractivity (Wildman–Crippen MR) is 114 cm³/mol. The number of aliphatic imine (C=N–C) groups is 3. The van der Waals surface area contributed by atoms with Gasteiger partial charge in [-0.15, -0.1) is 0 Å². The molecule has 11 heteroatoms. The highest BCUT2D eigenvalue weighted by molar-refractivity contribution is 6.30. The Morgan fingerprint density at radius 3 is 2.76 bits per heavy atom. The predicted octanol–water partition coefficient (Wildman–Crippen LogP) is 0.0782. The first-order valence-electron chi connectivity index (χ1n) is 9.15. The summed E-state index contributed by atoms with van der Waals surface area (Å²) in [5.74, 6) is -0.0976. The van der Waals surface area contributed by atoms with Crippen LogP contribution in [0.15, 0.2) is 37.5 Å². The highest BCUT2D eigenvalue weighted by Gasteiger charge is 2.27. The summed E-state index contributed by atoms with van der Waals surface area (Å²) >= 11 is 6.12. The van der Waals surface area contributed by atoms with E-state index >= 15 is 0 Å². The van der Waals surface area contributed by atoms with Crippen molar-refractivity contribution in [2.24, 2.45) is 32.2 Å². The van der Waals surface area contributed by atoms with Crippen molar-refractivity contribution in [1.82, 2.24) is 4.90 Å². The van der Waals surface area contributed by atoms with Crippen LogP contribution in [0.4, 0.5) is 0 Å². The Bertz CT molecular complexity index is 788. The lowest BCUT2D eigenvalue weighted by Crippen LogP contribution is -2.51. The molecule has 29 heavy (non-hydrogen) atoms. The van der Waals surface area contributed by atoms with Gasteiger partial charge in [-0.25, -0.2) is 4.99 Å². The van der Waals surface area contributed by atoms with Crippen LogP contribution in [-0.2, 0) is 14.3 Å². The highest BCUT2D eigenvalue weighted by atomic mass is 35.5. The Morgan fingerprint density at radius 2 is 2.14 bits per heavy atom. The molecule has 1 fully saturated rings. The van der Waals surface area contributed by atoms with E-state index in [0.29, 0.717) is 49.0 Å². The first-order valence-corrected chi connectivity index (χ1v) is 9.53. The van der Waals surface area contributed by atoms with Crippen molar-refractivity contribution < 1.29 is 14.3 Å². The van der Waals surface area contributed by atoms with Crippen molar-refractivity contribution >= 4 is 35.0 Å². The van der Waals surface area contributed by atoms with E-state index in [1.165, 1.54) is 7.11 Å². The number of amidine groups is 1. The van der Waals surface area contributed by atoms with Gasteiger partial charge in [-0.3, -0.25) is 9.79 Å². The van der Waals surface area contributed by atoms with Crippen LogP contribution in [0.25, 0.3) is 0 Å². The largest absolute Gasteiger partial charge is 0.495 e. The normalized spacial score (nSPS) is 23.7. The number of guanidine groups is 1. The van der Waals surface area contributed by atoms with E-state index in [1.807, 2.05) is 0 Å². The molecule has 2 aliphatic rings. The van der Waals surface area contributed by atoms with Crippen LogP contribution in [0.3, 0.4) is 0 Å². The molecule has 1 amide bonds. The first-order chi connectivity index (χ1) is 13.8. The summed E-state index contributed by atoms with van der Waals surface area (Å²) in [6.45, 7) is 1.02. The molecule has 0 aromatic heterocycles. The maximum atomic E-state index is 11.7. The van der Waals surface area contributed by atoms with E-state index in [0.717, 1.165) is 5.71 Å². The molecule has 2 atom stereocenters. The van der Waals surface area contributed by atoms with E-state index in [4.69, 9.17) is 38.3 Å². The number of amides is 1. The van der Waals surface area contributed by atoms with Crippen LogP contribution in [0.2, 0.25) is 0 Å². The van der Waals surface area contributed by atoms with Crippen molar-refractivity contribution in [2.75, 3.05) is 34.4 Å². The highest BCUT2D eigenvalue weighted by Crippen LogP contribution is 2.27. The summed E-state index contributed by atoms with van der Waals surface area (Å²) in [5, 5.41) is 0.598. The maximum Gasteiger partial charge on any atom is 0.242 e. The van der Waals surface area contributed by atoms with Crippen molar-refractivity contribution in [1.29, 1.82) is 0 Å². The van der Waals surface area contributed by atoms with Crippen LogP contribution in [-0.4, -0.2) is 74.8 Å². The second-order valence-corrected chi connectivity index (χ2v) is 7.07. The second-order valence-electron chi connectivity index (χ2n) is 6.61. The van der Waals surface area contributed by atoms with Crippen LogP contribution >= 0.6 is 11.6 Å². The van der Waals surface area contributed by atoms with Crippen LogP contribution in [0.5, 0.6) is 0 Å². The average molecular weight is 426 g/mol. The van der Waals surface area contributed by atoms with E-state index in [9.17, 15) is 4.79 Å². The Labute approximate surface area is 175 Å². The molecular weight excluding hydrogens is 398 g/mol. The summed E-state index contributed by atoms with van der Waals surface area (Å²) in [6.07, 6.45) is 3.48. The number of methoxy groups -OCH3 is 1. The number of carbonyl (C=O) groups is 1. The number of rotatable bonds is 5. The fourth-order valence-corrected chi connectivity index (χ4v) is 3.21. The molecule has 10 nitrogen and oxygen atoms in total. The van der Waals surface area contributed by atoms with Gasteiger partial charge in [0.1, 0.15) is 11.8 Å².